The van der Waals surface area contributed by atoms with Crippen molar-refractivity contribution in [2.45, 2.75) is 6.54 Å². The minimum Gasteiger partial charge on any atom is -0.492 e. The molecule has 0 unspecified atom stereocenters. The second-order valence-electron chi connectivity index (χ2n) is 4.79. The zero-order chi connectivity index (χ0) is 16.8. The van der Waals surface area contributed by atoms with E-state index in [0.717, 1.165) is 5.01 Å². The van der Waals surface area contributed by atoms with E-state index in [1.54, 1.807) is 36.7 Å². The summed E-state index contributed by atoms with van der Waals surface area (Å²) >= 11 is 7.27. The molecule has 0 saturated heterocycles. The van der Waals surface area contributed by atoms with Gasteiger partial charge in [0.15, 0.2) is 0 Å². The molecule has 1 aromatic carbocycles. The molecular formula is C15H14ClN5O2S. The number of halogens is 1. The van der Waals surface area contributed by atoms with Gasteiger partial charge in [-0.2, -0.15) is 0 Å². The predicted molar refractivity (Wildman–Crippen MR) is 91.1 cm³/mol. The Morgan fingerprint density at radius 2 is 2.17 bits per heavy atom. The van der Waals surface area contributed by atoms with Crippen LogP contribution >= 0.6 is 22.9 Å². The number of nitrogens with zero attached hydrogens (tertiary/aromatic N) is 4. The van der Waals surface area contributed by atoms with Crippen molar-refractivity contribution >= 4 is 28.8 Å². The lowest BCUT2D eigenvalue weighted by atomic mass is 10.3. The number of hydrogen-bond donors (Lipinski definition) is 1. The van der Waals surface area contributed by atoms with Gasteiger partial charge in [-0.3, -0.25) is 4.79 Å². The van der Waals surface area contributed by atoms with E-state index in [-0.39, 0.29) is 12.5 Å². The Kier molecular flexibility index (Phi) is 5.39. The Morgan fingerprint density at radius 1 is 1.33 bits per heavy atom. The van der Waals surface area contributed by atoms with E-state index in [4.69, 9.17) is 16.3 Å². The average molecular weight is 364 g/mol. The third-order valence-electron chi connectivity index (χ3n) is 3.00. The molecule has 0 aliphatic carbocycles. The van der Waals surface area contributed by atoms with E-state index in [9.17, 15) is 4.79 Å². The average Bonchev–Trinajstić information content (AvgIpc) is 3.24. The van der Waals surface area contributed by atoms with Crippen molar-refractivity contribution in [1.82, 2.24) is 25.3 Å². The first kappa shape index (κ1) is 16.4. The topological polar surface area (TPSA) is 81.9 Å². The van der Waals surface area contributed by atoms with Gasteiger partial charge in [0.25, 0.3) is 0 Å². The Labute approximate surface area is 147 Å². The van der Waals surface area contributed by atoms with Crippen LogP contribution in [-0.2, 0) is 11.3 Å². The molecule has 0 bridgehead atoms. The summed E-state index contributed by atoms with van der Waals surface area (Å²) in [4.78, 5) is 16.0. The Balaban J connectivity index is 1.40. The largest absolute Gasteiger partial charge is 0.492 e. The number of thiazole rings is 1. The summed E-state index contributed by atoms with van der Waals surface area (Å²) < 4.78 is 6.98. The molecular weight excluding hydrogens is 350 g/mol. The van der Waals surface area contributed by atoms with Crippen LogP contribution in [0.2, 0.25) is 5.02 Å². The van der Waals surface area contributed by atoms with Gasteiger partial charge in [0.1, 0.15) is 29.6 Å². The Morgan fingerprint density at radius 3 is 2.92 bits per heavy atom. The molecule has 124 valence electrons. The standard InChI is InChI=1S/C15H14ClN5O2S/c16-11-1-3-12(4-2-11)23-7-5-17-14(22)10-21-9-13(19-20-21)15-18-6-8-24-15/h1-4,6,8-9H,5,7,10H2,(H,17,22). The summed E-state index contributed by atoms with van der Waals surface area (Å²) in [6.07, 6.45) is 3.40. The highest BCUT2D eigenvalue weighted by Crippen LogP contribution is 2.18. The maximum atomic E-state index is 11.9. The van der Waals surface area contributed by atoms with Crippen LogP contribution in [0.5, 0.6) is 5.75 Å². The first-order valence-electron chi connectivity index (χ1n) is 7.16. The van der Waals surface area contributed by atoms with Gasteiger partial charge in [0.2, 0.25) is 5.91 Å². The number of nitrogens with one attached hydrogen (secondary N) is 1. The number of carbonyl (C=O) groups is 1. The van der Waals surface area contributed by atoms with Crippen LogP contribution in [0.1, 0.15) is 0 Å². The predicted octanol–water partition coefficient (Wildman–Crippen LogP) is 2.25. The molecule has 7 nitrogen and oxygen atoms in total. The summed E-state index contributed by atoms with van der Waals surface area (Å²) in [5.41, 5.74) is 0.656. The third kappa shape index (κ3) is 4.53. The second kappa shape index (κ2) is 7.89. The van der Waals surface area contributed by atoms with E-state index in [1.165, 1.54) is 16.0 Å². The maximum Gasteiger partial charge on any atom is 0.241 e. The van der Waals surface area contributed by atoms with Crippen LogP contribution in [-0.4, -0.2) is 39.0 Å². The Hall–Kier alpha value is -2.45. The minimum absolute atomic E-state index is 0.0965. The monoisotopic (exact) mass is 363 g/mol. The van der Waals surface area contributed by atoms with Crippen LogP contribution in [0.15, 0.2) is 42.0 Å². The lowest BCUT2D eigenvalue weighted by molar-refractivity contribution is -0.121. The minimum atomic E-state index is -0.162. The first-order chi connectivity index (χ1) is 11.7. The fraction of sp³-hybridized carbons (Fsp3) is 0.200. The first-order valence-corrected chi connectivity index (χ1v) is 8.41. The highest BCUT2D eigenvalue weighted by molar-refractivity contribution is 7.13. The van der Waals surface area contributed by atoms with Gasteiger partial charge in [-0.1, -0.05) is 16.8 Å². The summed E-state index contributed by atoms with van der Waals surface area (Å²) in [5.74, 6) is 0.545. The summed E-state index contributed by atoms with van der Waals surface area (Å²) in [6.45, 7) is 0.865. The van der Waals surface area contributed by atoms with Crippen molar-refractivity contribution in [3.8, 4) is 16.5 Å². The van der Waals surface area contributed by atoms with E-state index in [0.29, 0.717) is 29.6 Å². The lowest BCUT2D eigenvalue weighted by Gasteiger charge is -2.07. The molecule has 3 aromatic rings. The number of rotatable bonds is 7. The molecule has 0 fully saturated rings. The molecule has 2 aromatic heterocycles. The molecule has 24 heavy (non-hydrogen) atoms. The molecule has 0 radical (unpaired) electrons. The lowest BCUT2D eigenvalue weighted by Crippen LogP contribution is -2.31. The van der Waals surface area contributed by atoms with Crippen LogP contribution in [0, 0.1) is 0 Å². The molecule has 0 spiro atoms. The van der Waals surface area contributed by atoms with Crippen LogP contribution < -0.4 is 10.1 Å². The van der Waals surface area contributed by atoms with Crippen molar-refractivity contribution in [2.24, 2.45) is 0 Å². The van der Waals surface area contributed by atoms with E-state index in [1.807, 2.05) is 5.38 Å². The molecule has 2 heterocycles. The molecule has 0 aliphatic heterocycles. The SMILES string of the molecule is O=C(Cn1cc(-c2nccs2)nn1)NCCOc1ccc(Cl)cc1. The number of hydrogen-bond acceptors (Lipinski definition) is 6. The molecule has 3 rings (SSSR count). The number of amides is 1. The number of benzene rings is 1. The van der Waals surface area contributed by atoms with Crippen molar-refractivity contribution in [3.63, 3.8) is 0 Å². The maximum absolute atomic E-state index is 11.9. The van der Waals surface area contributed by atoms with Crippen molar-refractivity contribution in [3.05, 3.63) is 47.1 Å². The van der Waals surface area contributed by atoms with Gasteiger partial charge in [0, 0.05) is 16.6 Å². The van der Waals surface area contributed by atoms with Crippen molar-refractivity contribution in [2.75, 3.05) is 13.2 Å². The molecule has 1 N–H and O–H groups in total. The van der Waals surface area contributed by atoms with Gasteiger partial charge in [-0.25, -0.2) is 9.67 Å². The van der Waals surface area contributed by atoms with Gasteiger partial charge in [-0.15, -0.1) is 16.4 Å². The number of carbonyl (C=O) groups excluding carboxylic acids is 1. The van der Waals surface area contributed by atoms with Crippen LogP contribution in [0.3, 0.4) is 0 Å². The zero-order valence-electron chi connectivity index (χ0n) is 12.6. The van der Waals surface area contributed by atoms with Crippen LogP contribution in [0.25, 0.3) is 10.7 Å². The van der Waals surface area contributed by atoms with E-state index in [2.05, 4.69) is 20.6 Å². The van der Waals surface area contributed by atoms with Gasteiger partial charge in [-0.05, 0) is 24.3 Å². The quantitative estimate of drug-likeness (QED) is 0.651. The van der Waals surface area contributed by atoms with Crippen molar-refractivity contribution < 1.29 is 9.53 Å². The van der Waals surface area contributed by atoms with Gasteiger partial charge < -0.3 is 10.1 Å². The summed E-state index contributed by atoms with van der Waals surface area (Å²) in [5, 5.41) is 14.0. The third-order valence-corrected chi connectivity index (χ3v) is 4.05. The van der Waals surface area contributed by atoms with Gasteiger partial charge in [0.05, 0.1) is 12.7 Å². The molecule has 0 atom stereocenters. The fourth-order valence-corrected chi connectivity index (χ4v) is 2.63. The van der Waals surface area contributed by atoms with Crippen molar-refractivity contribution in [1.29, 1.82) is 0 Å². The summed E-state index contributed by atoms with van der Waals surface area (Å²) in [7, 11) is 0. The molecule has 9 heteroatoms. The zero-order valence-corrected chi connectivity index (χ0v) is 14.1. The molecule has 0 saturated carbocycles. The summed E-state index contributed by atoms with van der Waals surface area (Å²) in [6, 6.07) is 7.06. The number of aromatic nitrogens is 4. The van der Waals surface area contributed by atoms with E-state index < -0.39 is 0 Å². The smallest absolute Gasteiger partial charge is 0.241 e. The van der Waals surface area contributed by atoms with Gasteiger partial charge >= 0.3 is 0 Å². The van der Waals surface area contributed by atoms with Crippen LogP contribution in [0.4, 0.5) is 0 Å². The highest BCUT2D eigenvalue weighted by Gasteiger charge is 2.08. The van der Waals surface area contributed by atoms with E-state index >= 15 is 0 Å². The number of ether oxygens (including phenoxy) is 1. The molecule has 1 amide bonds. The second-order valence-corrected chi connectivity index (χ2v) is 6.12. The fourth-order valence-electron chi connectivity index (χ4n) is 1.92. The normalized spacial score (nSPS) is 10.5. The Bertz CT molecular complexity index is 789. The molecule has 0 aliphatic rings. The highest BCUT2D eigenvalue weighted by atomic mass is 35.5.